The molecular weight excluding hydrogens is 316 g/mol. The quantitative estimate of drug-likeness (QED) is 0.827. The molecule has 0 radical (unpaired) electrons. The minimum atomic E-state index is 0.312. The Hall–Kier alpha value is -1.03. The smallest absolute Gasteiger partial charge is 0.225 e. The third kappa shape index (κ3) is 3.00. The molecule has 3 rings (SSSR count). The van der Waals surface area contributed by atoms with Gasteiger partial charge in [-0.3, -0.25) is 4.79 Å². The standard InChI is InChI=1S/C16H21BrN2O/c17-14-6-3-7-15(12-14)18-8-10-19(11-9-18)16(20)13-4-1-2-5-13/h3,6-7,12-13H,1-2,4-5,8-11H2. The normalized spacial score (nSPS) is 20.4. The van der Waals surface area contributed by atoms with Crippen molar-refractivity contribution in [2.75, 3.05) is 31.1 Å². The number of halogens is 1. The Labute approximate surface area is 129 Å². The summed E-state index contributed by atoms with van der Waals surface area (Å²) in [6.45, 7) is 3.60. The fraction of sp³-hybridized carbons (Fsp3) is 0.562. The van der Waals surface area contributed by atoms with Gasteiger partial charge in [-0.05, 0) is 31.0 Å². The Balaban J connectivity index is 1.58. The molecule has 0 spiro atoms. The van der Waals surface area contributed by atoms with Gasteiger partial charge >= 0.3 is 0 Å². The van der Waals surface area contributed by atoms with Gasteiger partial charge in [-0.1, -0.05) is 34.8 Å². The molecule has 0 aromatic heterocycles. The number of nitrogens with zero attached hydrogens (tertiary/aromatic N) is 2. The zero-order chi connectivity index (χ0) is 13.9. The van der Waals surface area contributed by atoms with Crippen LogP contribution >= 0.6 is 15.9 Å². The lowest BCUT2D eigenvalue weighted by Crippen LogP contribution is -2.50. The summed E-state index contributed by atoms with van der Waals surface area (Å²) in [5, 5.41) is 0. The van der Waals surface area contributed by atoms with Gasteiger partial charge in [-0.2, -0.15) is 0 Å². The maximum atomic E-state index is 12.4. The van der Waals surface area contributed by atoms with Crippen LogP contribution in [0.15, 0.2) is 28.7 Å². The second kappa shape index (κ2) is 6.17. The van der Waals surface area contributed by atoms with Crippen molar-refractivity contribution >= 4 is 27.5 Å². The minimum Gasteiger partial charge on any atom is -0.368 e. The number of carbonyl (C=O) groups excluding carboxylic acids is 1. The van der Waals surface area contributed by atoms with Crippen LogP contribution in [-0.2, 0) is 4.79 Å². The van der Waals surface area contributed by atoms with Crippen LogP contribution in [-0.4, -0.2) is 37.0 Å². The predicted octanol–water partition coefficient (Wildman–Crippen LogP) is 3.29. The first-order chi connectivity index (χ1) is 9.74. The van der Waals surface area contributed by atoms with Crippen LogP contribution in [0.5, 0.6) is 0 Å². The zero-order valence-electron chi connectivity index (χ0n) is 11.7. The summed E-state index contributed by atoms with van der Waals surface area (Å²) in [6, 6.07) is 8.40. The van der Waals surface area contributed by atoms with Crippen molar-refractivity contribution in [3.63, 3.8) is 0 Å². The highest BCUT2D eigenvalue weighted by Gasteiger charge is 2.29. The number of amides is 1. The summed E-state index contributed by atoms with van der Waals surface area (Å²) in [4.78, 5) is 16.8. The molecule has 0 atom stereocenters. The van der Waals surface area contributed by atoms with E-state index in [1.165, 1.54) is 18.5 Å². The number of rotatable bonds is 2. The van der Waals surface area contributed by atoms with Gasteiger partial charge in [0, 0.05) is 42.3 Å². The van der Waals surface area contributed by atoms with E-state index in [0.29, 0.717) is 11.8 Å². The number of hydrogen-bond donors (Lipinski definition) is 0. The predicted molar refractivity (Wildman–Crippen MR) is 84.9 cm³/mol. The van der Waals surface area contributed by atoms with E-state index in [1.54, 1.807) is 0 Å². The molecule has 1 aromatic rings. The molecule has 1 saturated heterocycles. The maximum Gasteiger partial charge on any atom is 0.225 e. The molecule has 1 aromatic carbocycles. The largest absolute Gasteiger partial charge is 0.368 e. The van der Waals surface area contributed by atoms with Gasteiger partial charge in [0.05, 0.1) is 0 Å². The summed E-state index contributed by atoms with van der Waals surface area (Å²) < 4.78 is 1.11. The molecule has 1 aliphatic carbocycles. The Morgan fingerprint density at radius 3 is 2.45 bits per heavy atom. The van der Waals surface area contributed by atoms with Crippen LogP contribution in [0.3, 0.4) is 0 Å². The zero-order valence-corrected chi connectivity index (χ0v) is 13.3. The van der Waals surface area contributed by atoms with Gasteiger partial charge in [0.1, 0.15) is 0 Å². The molecule has 0 bridgehead atoms. The third-order valence-corrected chi connectivity index (χ3v) is 4.96. The molecule has 2 aliphatic rings. The van der Waals surface area contributed by atoms with Crippen LogP contribution in [0.1, 0.15) is 25.7 Å². The highest BCUT2D eigenvalue weighted by atomic mass is 79.9. The fourth-order valence-electron chi connectivity index (χ4n) is 3.29. The van der Waals surface area contributed by atoms with E-state index < -0.39 is 0 Å². The number of benzene rings is 1. The van der Waals surface area contributed by atoms with Crippen molar-refractivity contribution in [3.8, 4) is 0 Å². The molecule has 2 fully saturated rings. The summed E-state index contributed by atoms with van der Waals surface area (Å²) in [5.74, 6) is 0.712. The van der Waals surface area contributed by atoms with Gasteiger partial charge in [0.15, 0.2) is 0 Å². The van der Waals surface area contributed by atoms with Crippen LogP contribution in [0.4, 0.5) is 5.69 Å². The van der Waals surface area contributed by atoms with E-state index in [1.807, 2.05) is 6.07 Å². The average Bonchev–Trinajstić information content (AvgIpc) is 3.01. The van der Waals surface area contributed by atoms with E-state index in [0.717, 1.165) is 43.5 Å². The van der Waals surface area contributed by atoms with E-state index in [2.05, 4.69) is 43.9 Å². The Morgan fingerprint density at radius 1 is 1.10 bits per heavy atom. The van der Waals surface area contributed by atoms with Crippen molar-refractivity contribution in [1.29, 1.82) is 0 Å². The molecule has 1 aliphatic heterocycles. The van der Waals surface area contributed by atoms with Crippen LogP contribution in [0, 0.1) is 5.92 Å². The minimum absolute atomic E-state index is 0.312. The summed E-state index contributed by atoms with van der Waals surface area (Å²) >= 11 is 3.52. The second-order valence-electron chi connectivity index (χ2n) is 5.77. The molecule has 4 heteroatoms. The van der Waals surface area contributed by atoms with Crippen molar-refractivity contribution in [1.82, 2.24) is 4.90 Å². The van der Waals surface area contributed by atoms with Crippen LogP contribution < -0.4 is 4.90 Å². The topological polar surface area (TPSA) is 23.6 Å². The van der Waals surface area contributed by atoms with Crippen LogP contribution in [0.2, 0.25) is 0 Å². The number of hydrogen-bond acceptors (Lipinski definition) is 2. The number of carbonyl (C=O) groups is 1. The van der Waals surface area contributed by atoms with Gasteiger partial charge < -0.3 is 9.80 Å². The van der Waals surface area contributed by atoms with E-state index in [9.17, 15) is 4.79 Å². The van der Waals surface area contributed by atoms with Gasteiger partial charge in [-0.15, -0.1) is 0 Å². The van der Waals surface area contributed by atoms with Crippen molar-refractivity contribution in [2.45, 2.75) is 25.7 Å². The SMILES string of the molecule is O=C(C1CCCC1)N1CCN(c2cccc(Br)c2)CC1. The molecule has 20 heavy (non-hydrogen) atoms. The fourth-order valence-corrected chi connectivity index (χ4v) is 3.68. The molecule has 0 N–H and O–H groups in total. The lowest BCUT2D eigenvalue weighted by molar-refractivity contribution is -0.135. The third-order valence-electron chi connectivity index (χ3n) is 4.47. The Kier molecular flexibility index (Phi) is 4.29. The first-order valence-corrected chi connectivity index (χ1v) is 8.32. The van der Waals surface area contributed by atoms with Gasteiger partial charge in [-0.25, -0.2) is 0 Å². The highest BCUT2D eigenvalue weighted by molar-refractivity contribution is 9.10. The monoisotopic (exact) mass is 336 g/mol. The lowest BCUT2D eigenvalue weighted by atomic mass is 10.1. The van der Waals surface area contributed by atoms with Crippen molar-refractivity contribution < 1.29 is 4.79 Å². The molecular formula is C16H21BrN2O. The lowest BCUT2D eigenvalue weighted by Gasteiger charge is -2.37. The molecule has 3 nitrogen and oxygen atoms in total. The summed E-state index contributed by atoms with van der Waals surface area (Å²) in [6.07, 6.45) is 4.66. The number of anilines is 1. The van der Waals surface area contributed by atoms with Gasteiger partial charge in [0.25, 0.3) is 0 Å². The molecule has 1 amide bonds. The van der Waals surface area contributed by atoms with Crippen molar-refractivity contribution in [3.05, 3.63) is 28.7 Å². The maximum absolute atomic E-state index is 12.4. The Morgan fingerprint density at radius 2 is 1.80 bits per heavy atom. The second-order valence-corrected chi connectivity index (χ2v) is 6.69. The summed E-state index contributed by atoms with van der Waals surface area (Å²) in [7, 11) is 0. The summed E-state index contributed by atoms with van der Waals surface area (Å²) in [5.41, 5.74) is 1.24. The molecule has 1 heterocycles. The van der Waals surface area contributed by atoms with E-state index in [4.69, 9.17) is 0 Å². The molecule has 0 unspecified atom stereocenters. The molecule has 1 saturated carbocycles. The van der Waals surface area contributed by atoms with E-state index in [-0.39, 0.29) is 0 Å². The number of piperazine rings is 1. The van der Waals surface area contributed by atoms with E-state index >= 15 is 0 Å². The van der Waals surface area contributed by atoms with Crippen molar-refractivity contribution in [2.24, 2.45) is 5.92 Å². The Bertz CT molecular complexity index is 477. The first kappa shape index (κ1) is 13.9. The first-order valence-electron chi connectivity index (χ1n) is 7.53. The molecule has 108 valence electrons. The van der Waals surface area contributed by atoms with Crippen LogP contribution in [0.25, 0.3) is 0 Å². The van der Waals surface area contributed by atoms with Gasteiger partial charge in [0.2, 0.25) is 5.91 Å². The highest BCUT2D eigenvalue weighted by Crippen LogP contribution is 2.27. The average molecular weight is 337 g/mol.